The van der Waals surface area contributed by atoms with Crippen molar-refractivity contribution in [2.24, 2.45) is 17.3 Å². The van der Waals surface area contributed by atoms with Crippen LogP contribution in [0.2, 0.25) is 5.02 Å². The molecule has 8 nitrogen and oxygen atoms in total. The van der Waals surface area contributed by atoms with Crippen LogP contribution in [0.15, 0.2) is 30.7 Å². The third-order valence-electron chi connectivity index (χ3n) is 9.27. The van der Waals surface area contributed by atoms with E-state index in [4.69, 9.17) is 11.6 Å². The lowest BCUT2D eigenvalue weighted by Gasteiger charge is -2.40. The second kappa shape index (κ2) is 9.67. The average Bonchev–Trinajstić information content (AvgIpc) is 3.14. The fraction of sp³-hybridized carbons (Fsp3) is 0.517. The maximum absolute atomic E-state index is 15.9. The number of aromatic nitrogens is 3. The van der Waals surface area contributed by atoms with E-state index in [2.05, 4.69) is 20.3 Å². The van der Waals surface area contributed by atoms with E-state index >= 15 is 4.39 Å². The molecule has 2 unspecified atom stereocenters. The summed E-state index contributed by atoms with van der Waals surface area (Å²) in [5.74, 6) is -0.594. The number of anilines is 1. The molecule has 0 radical (unpaired) electrons. The number of carbonyl (C=O) groups is 2. The van der Waals surface area contributed by atoms with Gasteiger partial charge in [-0.1, -0.05) is 25.4 Å². The van der Waals surface area contributed by atoms with Crippen LogP contribution in [0.4, 0.5) is 10.1 Å². The summed E-state index contributed by atoms with van der Waals surface area (Å²) >= 11 is 6.61. The molecule has 11 heteroatoms. The fourth-order valence-electron chi connectivity index (χ4n) is 7.13. The summed E-state index contributed by atoms with van der Waals surface area (Å²) in [5, 5.41) is 8.28. The molecule has 2 saturated heterocycles. The minimum Gasteiger partial charge on any atom is -0.368 e. The predicted molar refractivity (Wildman–Crippen MR) is 153 cm³/mol. The molecule has 212 valence electrons. The van der Waals surface area contributed by atoms with Crippen molar-refractivity contribution in [2.45, 2.75) is 51.7 Å². The molecule has 3 aliphatic heterocycles. The standard InChI is InChI=1S/C29H32ClFN6O2.ClH/c1-28(2)22-23(28)27(39)36(26(22)38)13-17-10-21-24(33-16-34-37(21)14-17)20-12-19(30)11-18-4-3-9-35(25(18)20)15-29(31)5-7-32-8-6-29;/h10-12,14,16,22-23,32H,3-9,13,15H2,1-2H3;1H. The van der Waals surface area contributed by atoms with Crippen molar-refractivity contribution < 1.29 is 14.0 Å². The maximum Gasteiger partial charge on any atom is 0.233 e. The topological polar surface area (TPSA) is 82.8 Å². The Labute approximate surface area is 243 Å². The summed E-state index contributed by atoms with van der Waals surface area (Å²) in [5.41, 5.74) is 3.71. The zero-order valence-electron chi connectivity index (χ0n) is 22.6. The molecular formula is C29H33Cl2FN6O2. The van der Waals surface area contributed by atoms with Gasteiger partial charge in [0, 0.05) is 29.0 Å². The maximum atomic E-state index is 15.9. The summed E-state index contributed by atoms with van der Waals surface area (Å²) in [6, 6.07) is 5.83. The van der Waals surface area contributed by atoms with Crippen molar-refractivity contribution in [1.29, 1.82) is 0 Å². The molecule has 1 aromatic carbocycles. The van der Waals surface area contributed by atoms with Crippen molar-refractivity contribution in [3.05, 3.63) is 46.9 Å². The highest BCUT2D eigenvalue weighted by atomic mass is 35.5. The Bertz CT molecular complexity index is 1490. The molecule has 2 aromatic heterocycles. The highest BCUT2D eigenvalue weighted by Gasteiger charge is 2.72. The summed E-state index contributed by atoms with van der Waals surface area (Å²) in [7, 11) is 0. The second-order valence-corrected chi connectivity index (χ2v) is 12.6. The number of alkyl halides is 1. The minimum absolute atomic E-state index is 0. The molecule has 2 atom stereocenters. The van der Waals surface area contributed by atoms with Gasteiger partial charge in [0.25, 0.3) is 0 Å². The molecule has 3 fully saturated rings. The second-order valence-electron chi connectivity index (χ2n) is 12.2. The zero-order valence-corrected chi connectivity index (χ0v) is 24.2. The zero-order chi connectivity index (χ0) is 27.1. The molecule has 3 aromatic rings. The summed E-state index contributed by atoms with van der Waals surface area (Å²) in [4.78, 5) is 34.1. The van der Waals surface area contributed by atoms with Gasteiger partial charge in [-0.25, -0.2) is 13.9 Å². The Hall–Kier alpha value is -2.75. The highest BCUT2D eigenvalue weighted by molar-refractivity contribution is 6.31. The van der Waals surface area contributed by atoms with Crippen LogP contribution in [-0.2, 0) is 22.6 Å². The fourth-order valence-corrected chi connectivity index (χ4v) is 7.37. The predicted octanol–water partition coefficient (Wildman–Crippen LogP) is 4.46. The first-order valence-electron chi connectivity index (χ1n) is 13.8. The lowest BCUT2D eigenvalue weighted by molar-refractivity contribution is -0.143. The van der Waals surface area contributed by atoms with Gasteiger partial charge >= 0.3 is 0 Å². The Morgan fingerprint density at radius 1 is 1.12 bits per heavy atom. The molecule has 40 heavy (non-hydrogen) atoms. The van der Waals surface area contributed by atoms with Crippen LogP contribution >= 0.6 is 24.0 Å². The number of rotatable bonds is 5. The number of piperidine rings is 2. The molecule has 1 saturated carbocycles. The summed E-state index contributed by atoms with van der Waals surface area (Å²) in [6.45, 7) is 6.65. The van der Waals surface area contributed by atoms with E-state index in [-0.39, 0.29) is 48.0 Å². The molecule has 0 bridgehead atoms. The minimum atomic E-state index is -1.25. The molecule has 7 rings (SSSR count). The van der Waals surface area contributed by atoms with Crippen molar-refractivity contribution in [1.82, 2.24) is 24.8 Å². The number of nitrogens with one attached hydrogen (secondary N) is 1. The van der Waals surface area contributed by atoms with E-state index in [0.717, 1.165) is 47.3 Å². The Morgan fingerprint density at radius 3 is 2.58 bits per heavy atom. The third kappa shape index (κ3) is 4.28. The van der Waals surface area contributed by atoms with Crippen molar-refractivity contribution in [3.8, 4) is 11.3 Å². The van der Waals surface area contributed by atoms with Crippen LogP contribution in [0.25, 0.3) is 16.8 Å². The quantitative estimate of drug-likeness (QED) is 0.445. The van der Waals surface area contributed by atoms with Crippen LogP contribution in [0.3, 0.4) is 0 Å². The number of likely N-dealkylation sites (tertiary alicyclic amines) is 1. The Balaban J connectivity index is 0.00000289. The molecule has 4 aliphatic rings. The first kappa shape index (κ1) is 27.4. The van der Waals surface area contributed by atoms with Gasteiger partial charge in [-0.15, -0.1) is 12.4 Å². The van der Waals surface area contributed by atoms with Gasteiger partial charge < -0.3 is 10.2 Å². The van der Waals surface area contributed by atoms with Crippen molar-refractivity contribution in [3.63, 3.8) is 0 Å². The molecule has 1 N–H and O–H groups in total. The number of hydrogen-bond donors (Lipinski definition) is 1. The van der Waals surface area contributed by atoms with Gasteiger partial charge in [0.2, 0.25) is 11.8 Å². The number of benzene rings is 1. The van der Waals surface area contributed by atoms with Crippen LogP contribution in [0.5, 0.6) is 0 Å². The van der Waals surface area contributed by atoms with Gasteiger partial charge in [-0.05, 0) is 73.5 Å². The number of hydrogen-bond acceptors (Lipinski definition) is 6. The van der Waals surface area contributed by atoms with E-state index in [9.17, 15) is 9.59 Å². The number of aryl methyl sites for hydroxylation is 1. The van der Waals surface area contributed by atoms with Gasteiger partial charge in [0.05, 0.1) is 36.1 Å². The molecule has 1 aliphatic carbocycles. The van der Waals surface area contributed by atoms with Gasteiger partial charge in [-0.3, -0.25) is 14.5 Å². The van der Waals surface area contributed by atoms with E-state index in [1.807, 2.05) is 38.2 Å². The number of carbonyl (C=O) groups excluding carboxylic acids is 2. The Morgan fingerprint density at radius 2 is 1.85 bits per heavy atom. The van der Waals surface area contributed by atoms with Crippen molar-refractivity contribution >= 4 is 47.0 Å². The smallest absolute Gasteiger partial charge is 0.233 e. The number of imide groups is 1. The van der Waals surface area contributed by atoms with Crippen LogP contribution in [0.1, 0.15) is 44.2 Å². The largest absolute Gasteiger partial charge is 0.368 e. The van der Waals surface area contributed by atoms with E-state index < -0.39 is 5.67 Å². The lowest BCUT2D eigenvalue weighted by atomic mass is 9.90. The monoisotopic (exact) mass is 586 g/mol. The first-order chi connectivity index (χ1) is 18.7. The lowest BCUT2D eigenvalue weighted by Crippen LogP contribution is -2.48. The van der Waals surface area contributed by atoms with E-state index in [0.29, 0.717) is 43.2 Å². The molecule has 2 amide bonds. The van der Waals surface area contributed by atoms with Gasteiger partial charge in [-0.2, -0.15) is 5.10 Å². The van der Waals surface area contributed by atoms with E-state index in [1.54, 1.807) is 4.52 Å². The van der Waals surface area contributed by atoms with Crippen LogP contribution < -0.4 is 10.2 Å². The summed E-state index contributed by atoms with van der Waals surface area (Å²) in [6.07, 6.45) is 6.14. The number of fused-ring (bicyclic) bond motifs is 3. The normalized spacial score (nSPS) is 24.6. The number of amides is 2. The highest BCUT2D eigenvalue weighted by Crippen LogP contribution is 2.63. The Kier molecular flexibility index (Phi) is 6.63. The average molecular weight is 588 g/mol. The van der Waals surface area contributed by atoms with E-state index in [1.165, 1.54) is 11.2 Å². The van der Waals surface area contributed by atoms with Gasteiger partial charge in [0.15, 0.2) is 0 Å². The molecule has 0 spiro atoms. The SMILES string of the molecule is CC1(C)C2C(=O)N(Cc3cc4c(-c5cc(Cl)cc6c5N(CC5(F)CCNCC5)CCC6)ncnn4c3)C(=O)C21.Cl. The third-order valence-corrected chi connectivity index (χ3v) is 9.49. The van der Waals surface area contributed by atoms with Gasteiger partial charge in [0.1, 0.15) is 12.0 Å². The van der Waals surface area contributed by atoms with Crippen LogP contribution in [-0.4, -0.2) is 63.2 Å². The van der Waals surface area contributed by atoms with Crippen LogP contribution in [0, 0.1) is 17.3 Å². The van der Waals surface area contributed by atoms with Crippen molar-refractivity contribution in [2.75, 3.05) is 31.1 Å². The number of nitrogens with zero attached hydrogens (tertiary/aromatic N) is 5. The molecule has 5 heterocycles. The molecular weight excluding hydrogens is 554 g/mol. The summed E-state index contributed by atoms with van der Waals surface area (Å²) < 4.78 is 17.6. The first-order valence-corrected chi connectivity index (χ1v) is 14.2. The number of halogens is 3.